The van der Waals surface area contributed by atoms with Gasteiger partial charge in [0, 0.05) is 24.0 Å². The molecule has 0 aliphatic carbocycles. The lowest BCUT2D eigenvalue weighted by atomic mass is 10.0. The summed E-state index contributed by atoms with van der Waals surface area (Å²) >= 11 is 3.47. The molecular weight excluding hydrogens is 516 g/mol. The molecule has 3 aromatic rings. The lowest BCUT2D eigenvalue weighted by Gasteiger charge is -2.32. The highest BCUT2D eigenvalue weighted by molar-refractivity contribution is 9.10. The Morgan fingerprint density at radius 1 is 0.917 bits per heavy atom. The van der Waals surface area contributed by atoms with Crippen molar-refractivity contribution >= 4 is 27.7 Å². The summed E-state index contributed by atoms with van der Waals surface area (Å²) in [5.41, 5.74) is 4.03. The number of hydrogen-bond acceptors (Lipinski definition) is 3. The van der Waals surface area contributed by atoms with Gasteiger partial charge in [0.2, 0.25) is 5.91 Å². The molecule has 0 heterocycles. The van der Waals surface area contributed by atoms with Crippen LogP contribution in [0.15, 0.2) is 77.3 Å². The van der Waals surface area contributed by atoms with Crippen LogP contribution in [0, 0.1) is 19.8 Å². The maximum Gasteiger partial charge on any atom is 0.261 e. The van der Waals surface area contributed by atoms with Crippen LogP contribution in [0.2, 0.25) is 0 Å². The molecule has 1 atom stereocenters. The molecule has 0 bridgehead atoms. The molecule has 6 heteroatoms. The fraction of sp³-hybridized carbons (Fsp3) is 0.333. The van der Waals surface area contributed by atoms with Gasteiger partial charge in [0.15, 0.2) is 6.61 Å². The molecule has 3 rings (SSSR count). The van der Waals surface area contributed by atoms with Crippen LogP contribution in [0.4, 0.5) is 0 Å². The predicted molar refractivity (Wildman–Crippen MR) is 148 cm³/mol. The number of benzene rings is 3. The van der Waals surface area contributed by atoms with Crippen molar-refractivity contribution < 1.29 is 14.3 Å². The van der Waals surface area contributed by atoms with E-state index in [0.29, 0.717) is 31.2 Å². The van der Waals surface area contributed by atoms with Gasteiger partial charge in [0.05, 0.1) is 0 Å². The van der Waals surface area contributed by atoms with E-state index in [2.05, 4.69) is 35.1 Å². The van der Waals surface area contributed by atoms with Crippen molar-refractivity contribution in [3.05, 3.63) is 99.5 Å². The number of rotatable bonds is 11. The van der Waals surface area contributed by atoms with Crippen molar-refractivity contribution in [2.24, 2.45) is 5.92 Å². The fourth-order valence-corrected chi connectivity index (χ4v) is 4.13. The predicted octanol–water partition coefficient (Wildman–Crippen LogP) is 5.86. The topological polar surface area (TPSA) is 58.6 Å². The second-order valence-electron chi connectivity index (χ2n) is 9.48. The number of aryl methyl sites for hydroxylation is 1. The molecule has 36 heavy (non-hydrogen) atoms. The molecule has 0 spiro atoms. The van der Waals surface area contributed by atoms with E-state index >= 15 is 0 Å². The van der Waals surface area contributed by atoms with Crippen LogP contribution in [-0.4, -0.2) is 35.9 Å². The molecule has 0 aromatic heterocycles. The number of carbonyl (C=O) groups excluding carboxylic acids is 2. The van der Waals surface area contributed by atoms with Gasteiger partial charge in [0.1, 0.15) is 11.8 Å². The lowest BCUT2D eigenvalue weighted by Crippen LogP contribution is -2.52. The van der Waals surface area contributed by atoms with Crippen LogP contribution in [0.1, 0.15) is 36.1 Å². The summed E-state index contributed by atoms with van der Waals surface area (Å²) in [7, 11) is 0. The fourth-order valence-electron chi connectivity index (χ4n) is 3.87. The van der Waals surface area contributed by atoms with Gasteiger partial charge in [-0.1, -0.05) is 84.4 Å². The second-order valence-corrected chi connectivity index (χ2v) is 10.4. The first-order valence-electron chi connectivity index (χ1n) is 12.3. The van der Waals surface area contributed by atoms with Crippen LogP contribution in [0.3, 0.4) is 0 Å². The van der Waals surface area contributed by atoms with Crippen molar-refractivity contribution in [2.75, 3.05) is 13.2 Å². The van der Waals surface area contributed by atoms with E-state index in [-0.39, 0.29) is 18.4 Å². The van der Waals surface area contributed by atoms with E-state index in [0.717, 1.165) is 26.7 Å². The van der Waals surface area contributed by atoms with Crippen LogP contribution < -0.4 is 10.1 Å². The summed E-state index contributed by atoms with van der Waals surface area (Å²) in [4.78, 5) is 28.8. The maximum atomic E-state index is 13.7. The number of amides is 2. The first-order chi connectivity index (χ1) is 17.2. The number of nitrogens with one attached hydrogen (secondary N) is 1. The van der Waals surface area contributed by atoms with Crippen molar-refractivity contribution in [1.29, 1.82) is 0 Å². The summed E-state index contributed by atoms with van der Waals surface area (Å²) < 4.78 is 6.92. The van der Waals surface area contributed by atoms with Crippen LogP contribution in [0.5, 0.6) is 5.75 Å². The number of halogens is 1. The third-order valence-electron chi connectivity index (χ3n) is 6.13. The van der Waals surface area contributed by atoms with Crippen molar-refractivity contribution in [3.63, 3.8) is 0 Å². The zero-order chi connectivity index (χ0) is 26.1. The Hall–Kier alpha value is -3.12. The number of carbonyl (C=O) groups is 2. The standard InChI is InChI=1S/C30H35BrN2O3/c1-21(2)18-32-30(35)27(17-24-10-6-5-7-11-24)33(19-25-13-15-26(31)16-14-25)29(34)20-36-28-12-8-9-22(3)23(28)4/h5-16,21,27H,17-20H2,1-4H3,(H,32,35). The first-order valence-corrected chi connectivity index (χ1v) is 13.1. The Balaban J connectivity index is 1.91. The minimum Gasteiger partial charge on any atom is -0.483 e. The van der Waals surface area contributed by atoms with Gasteiger partial charge in [0.25, 0.3) is 5.91 Å². The van der Waals surface area contributed by atoms with Crippen LogP contribution >= 0.6 is 15.9 Å². The Labute approximate surface area is 223 Å². The molecule has 0 radical (unpaired) electrons. The van der Waals surface area contributed by atoms with Gasteiger partial charge in [-0.05, 0) is 60.2 Å². The highest BCUT2D eigenvalue weighted by Crippen LogP contribution is 2.22. The minimum atomic E-state index is -0.676. The van der Waals surface area contributed by atoms with Gasteiger partial charge in [-0.15, -0.1) is 0 Å². The molecule has 2 amide bonds. The third-order valence-corrected chi connectivity index (χ3v) is 6.66. The zero-order valence-electron chi connectivity index (χ0n) is 21.5. The number of nitrogens with zero attached hydrogens (tertiary/aromatic N) is 1. The lowest BCUT2D eigenvalue weighted by molar-refractivity contribution is -0.142. The molecule has 0 saturated heterocycles. The maximum absolute atomic E-state index is 13.7. The molecule has 190 valence electrons. The summed E-state index contributed by atoms with van der Waals surface area (Å²) in [5, 5.41) is 3.04. The Kier molecular flexibility index (Phi) is 10.1. The van der Waals surface area contributed by atoms with Crippen molar-refractivity contribution in [2.45, 2.75) is 46.7 Å². The van der Waals surface area contributed by atoms with E-state index < -0.39 is 6.04 Å². The van der Waals surface area contributed by atoms with Gasteiger partial charge in [-0.3, -0.25) is 9.59 Å². The average molecular weight is 552 g/mol. The Morgan fingerprint density at radius 3 is 2.28 bits per heavy atom. The largest absolute Gasteiger partial charge is 0.483 e. The first kappa shape index (κ1) is 27.5. The molecule has 5 nitrogen and oxygen atoms in total. The monoisotopic (exact) mass is 550 g/mol. The van der Waals surface area contributed by atoms with Crippen molar-refractivity contribution in [3.8, 4) is 5.75 Å². The van der Waals surface area contributed by atoms with Crippen molar-refractivity contribution in [1.82, 2.24) is 10.2 Å². The Morgan fingerprint density at radius 2 is 1.61 bits per heavy atom. The molecule has 0 aliphatic rings. The highest BCUT2D eigenvalue weighted by Gasteiger charge is 2.30. The van der Waals surface area contributed by atoms with Crippen LogP contribution in [0.25, 0.3) is 0 Å². The molecule has 0 aliphatic heterocycles. The summed E-state index contributed by atoms with van der Waals surface area (Å²) in [5.74, 6) is 0.578. The van der Waals surface area contributed by atoms with E-state index in [1.54, 1.807) is 4.90 Å². The van der Waals surface area contributed by atoms with E-state index in [4.69, 9.17) is 4.74 Å². The summed E-state index contributed by atoms with van der Waals surface area (Å²) in [6.45, 7) is 8.79. The number of ether oxygens (including phenoxy) is 1. The zero-order valence-corrected chi connectivity index (χ0v) is 23.0. The molecule has 1 unspecified atom stereocenters. The van der Waals surface area contributed by atoms with Gasteiger partial charge >= 0.3 is 0 Å². The third kappa shape index (κ3) is 7.95. The van der Waals surface area contributed by atoms with E-state index in [1.807, 2.05) is 86.6 Å². The van der Waals surface area contributed by atoms with Gasteiger partial charge < -0.3 is 15.0 Å². The second kappa shape index (κ2) is 13.3. The smallest absolute Gasteiger partial charge is 0.261 e. The molecular formula is C30H35BrN2O3. The van der Waals surface area contributed by atoms with Gasteiger partial charge in [-0.2, -0.15) is 0 Å². The SMILES string of the molecule is Cc1cccc(OCC(=O)N(Cc2ccc(Br)cc2)C(Cc2ccccc2)C(=O)NCC(C)C)c1C. The number of hydrogen-bond donors (Lipinski definition) is 1. The normalized spacial score (nSPS) is 11.7. The molecule has 3 aromatic carbocycles. The molecule has 0 saturated carbocycles. The Bertz CT molecular complexity index is 1150. The molecule has 1 N–H and O–H groups in total. The highest BCUT2D eigenvalue weighted by atomic mass is 79.9. The average Bonchev–Trinajstić information content (AvgIpc) is 2.87. The van der Waals surface area contributed by atoms with Gasteiger partial charge in [-0.25, -0.2) is 0 Å². The van der Waals surface area contributed by atoms with E-state index in [1.165, 1.54) is 0 Å². The molecule has 0 fully saturated rings. The van der Waals surface area contributed by atoms with Crippen LogP contribution in [-0.2, 0) is 22.6 Å². The summed E-state index contributed by atoms with van der Waals surface area (Å²) in [6, 6.07) is 22.7. The van der Waals surface area contributed by atoms with E-state index in [9.17, 15) is 9.59 Å². The minimum absolute atomic E-state index is 0.149. The quantitative estimate of drug-likeness (QED) is 0.325. The summed E-state index contributed by atoms with van der Waals surface area (Å²) in [6.07, 6.45) is 0.413.